The van der Waals surface area contributed by atoms with Crippen molar-refractivity contribution in [3.63, 3.8) is 0 Å². The van der Waals surface area contributed by atoms with Crippen molar-refractivity contribution >= 4 is 11.9 Å². The molecular formula is C16H11F5N4O. The van der Waals surface area contributed by atoms with Crippen LogP contribution in [0.1, 0.15) is 16.8 Å². The largest absolute Gasteiger partial charge is 0.433 e. The lowest BCUT2D eigenvalue weighted by Gasteiger charge is -2.26. The first-order chi connectivity index (χ1) is 12.1. The third-order valence-corrected chi connectivity index (χ3v) is 3.99. The van der Waals surface area contributed by atoms with Gasteiger partial charge < -0.3 is 5.73 Å². The van der Waals surface area contributed by atoms with E-state index >= 15 is 0 Å². The number of nitrogens with two attached hydrogens (primary N) is 1. The molecule has 0 aliphatic carbocycles. The van der Waals surface area contributed by atoms with Crippen LogP contribution in [-0.2, 0) is 16.5 Å². The molecule has 0 fully saturated rings. The van der Waals surface area contributed by atoms with Gasteiger partial charge in [-0.2, -0.15) is 13.2 Å². The molecule has 10 heteroatoms. The number of aliphatic imine (C=N–C) groups is 1. The molecule has 1 aliphatic rings. The summed E-state index contributed by atoms with van der Waals surface area (Å²) in [5, 5.41) is 0. The number of carbonyl (C=O) groups is 1. The molecule has 1 amide bonds. The Bertz CT molecular complexity index is 907. The molecule has 0 saturated carbocycles. The summed E-state index contributed by atoms with van der Waals surface area (Å²) in [6.45, 7) is 0. The molecule has 136 valence electrons. The molecule has 1 aliphatic heterocycles. The zero-order valence-corrected chi connectivity index (χ0v) is 13.2. The van der Waals surface area contributed by atoms with Gasteiger partial charge in [0.15, 0.2) is 11.5 Å². The monoisotopic (exact) mass is 370 g/mol. The van der Waals surface area contributed by atoms with Gasteiger partial charge in [-0.3, -0.25) is 14.7 Å². The van der Waals surface area contributed by atoms with Gasteiger partial charge >= 0.3 is 6.18 Å². The van der Waals surface area contributed by atoms with Gasteiger partial charge in [-0.25, -0.2) is 13.8 Å². The Balaban J connectivity index is 2.33. The normalized spacial score (nSPS) is 20.5. The maximum Gasteiger partial charge on any atom is 0.433 e. The molecule has 2 N–H and O–H groups in total. The fourth-order valence-electron chi connectivity index (χ4n) is 2.76. The lowest BCUT2D eigenvalue weighted by Crippen LogP contribution is -2.41. The van der Waals surface area contributed by atoms with Gasteiger partial charge in [0.2, 0.25) is 0 Å². The van der Waals surface area contributed by atoms with Crippen molar-refractivity contribution < 1.29 is 26.7 Å². The number of benzene rings is 1. The van der Waals surface area contributed by atoms with Crippen molar-refractivity contribution in [2.45, 2.75) is 11.7 Å². The Kier molecular flexibility index (Phi) is 3.93. The fourth-order valence-corrected chi connectivity index (χ4v) is 2.76. The first-order valence-electron chi connectivity index (χ1n) is 7.19. The summed E-state index contributed by atoms with van der Waals surface area (Å²) in [5.41, 5.74) is 1.68. The average molecular weight is 370 g/mol. The highest BCUT2D eigenvalue weighted by molar-refractivity contribution is 6.08. The quantitative estimate of drug-likeness (QED) is 0.826. The molecule has 2 heterocycles. The van der Waals surface area contributed by atoms with Crippen LogP contribution in [-0.4, -0.2) is 28.8 Å². The Hall–Kier alpha value is -3.04. The van der Waals surface area contributed by atoms with Gasteiger partial charge in [-0.15, -0.1) is 0 Å². The van der Waals surface area contributed by atoms with Gasteiger partial charge in [-0.1, -0.05) is 0 Å². The van der Waals surface area contributed by atoms with E-state index in [1.807, 2.05) is 0 Å². The Morgan fingerprint density at radius 3 is 2.19 bits per heavy atom. The predicted octanol–water partition coefficient (Wildman–Crippen LogP) is 2.41. The highest BCUT2D eigenvalue weighted by Crippen LogP contribution is 2.41. The lowest BCUT2D eigenvalue weighted by atomic mass is 9.82. The van der Waals surface area contributed by atoms with E-state index in [-0.39, 0.29) is 17.1 Å². The van der Waals surface area contributed by atoms with E-state index in [9.17, 15) is 26.7 Å². The number of carbonyl (C=O) groups excluding carboxylic acids is 1. The zero-order valence-electron chi connectivity index (χ0n) is 13.2. The number of hydrogen-bond donors (Lipinski definition) is 1. The van der Waals surface area contributed by atoms with Crippen LogP contribution in [0.15, 0.2) is 41.5 Å². The highest BCUT2D eigenvalue weighted by atomic mass is 19.4. The van der Waals surface area contributed by atoms with E-state index in [0.29, 0.717) is 12.1 Å². The van der Waals surface area contributed by atoms with Crippen LogP contribution >= 0.6 is 0 Å². The first-order valence-corrected chi connectivity index (χ1v) is 7.19. The minimum Gasteiger partial charge on any atom is -0.369 e. The first kappa shape index (κ1) is 17.8. The number of alkyl halides is 3. The Morgan fingerprint density at radius 1 is 1.08 bits per heavy atom. The van der Waals surface area contributed by atoms with Gasteiger partial charge in [0.25, 0.3) is 5.91 Å². The van der Waals surface area contributed by atoms with Crippen molar-refractivity contribution in [2.75, 3.05) is 7.05 Å². The second-order valence-electron chi connectivity index (χ2n) is 5.63. The summed E-state index contributed by atoms with van der Waals surface area (Å²) in [6, 6.07) is 3.94. The van der Waals surface area contributed by atoms with Crippen molar-refractivity contribution in [3.05, 3.63) is 65.0 Å². The van der Waals surface area contributed by atoms with Crippen LogP contribution in [0.2, 0.25) is 0 Å². The van der Waals surface area contributed by atoms with Crippen LogP contribution in [0.25, 0.3) is 0 Å². The average Bonchev–Trinajstić information content (AvgIpc) is 2.78. The number of rotatable bonds is 2. The van der Waals surface area contributed by atoms with E-state index in [4.69, 9.17) is 5.73 Å². The number of guanidine groups is 1. The third-order valence-electron chi connectivity index (χ3n) is 3.99. The number of hydrogen-bond acceptors (Lipinski definition) is 4. The number of halogens is 5. The molecule has 1 aromatic carbocycles. The van der Waals surface area contributed by atoms with E-state index in [1.54, 1.807) is 0 Å². The molecule has 1 unspecified atom stereocenters. The number of likely N-dealkylation sites (N-methyl/N-ethyl adjacent to an activating group) is 1. The van der Waals surface area contributed by atoms with E-state index < -0.39 is 35.0 Å². The van der Waals surface area contributed by atoms with E-state index in [0.717, 1.165) is 29.3 Å². The smallest absolute Gasteiger partial charge is 0.369 e. The number of aromatic nitrogens is 1. The molecule has 0 bridgehead atoms. The lowest BCUT2D eigenvalue weighted by molar-refractivity contribution is -0.141. The van der Waals surface area contributed by atoms with Crippen molar-refractivity contribution in [2.24, 2.45) is 10.7 Å². The molecule has 3 rings (SSSR count). The van der Waals surface area contributed by atoms with Gasteiger partial charge in [0.1, 0.15) is 17.3 Å². The molecule has 2 aromatic rings. The second kappa shape index (κ2) is 5.75. The SMILES string of the molecule is CN1C(=O)C(c2cc(F)cc(F)c2)(c2ccnc(C(F)(F)F)c2)N=C1N. The molecule has 1 aromatic heterocycles. The van der Waals surface area contributed by atoms with Crippen molar-refractivity contribution in [1.29, 1.82) is 0 Å². The molecule has 1 atom stereocenters. The van der Waals surface area contributed by atoms with E-state index in [1.165, 1.54) is 7.05 Å². The van der Waals surface area contributed by atoms with Crippen LogP contribution in [0.4, 0.5) is 22.0 Å². The maximum atomic E-state index is 13.7. The van der Waals surface area contributed by atoms with Crippen molar-refractivity contribution in [3.8, 4) is 0 Å². The third kappa shape index (κ3) is 2.67. The minimum atomic E-state index is -4.78. The molecule has 0 spiro atoms. The number of amides is 1. The van der Waals surface area contributed by atoms with E-state index in [2.05, 4.69) is 9.98 Å². The maximum absolute atomic E-state index is 13.7. The van der Waals surface area contributed by atoms with Crippen LogP contribution in [0, 0.1) is 11.6 Å². The summed E-state index contributed by atoms with van der Waals surface area (Å²) < 4.78 is 66.5. The molecular weight excluding hydrogens is 359 g/mol. The summed E-state index contributed by atoms with van der Waals surface area (Å²) in [5.74, 6) is -3.18. The summed E-state index contributed by atoms with van der Waals surface area (Å²) in [4.78, 5) is 20.9. The zero-order chi connectivity index (χ0) is 19.3. The van der Waals surface area contributed by atoms with Crippen molar-refractivity contribution in [1.82, 2.24) is 9.88 Å². The van der Waals surface area contributed by atoms with Gasteiger partial charge in [0.05, 0.1) is 0 Å². The second-order valence-corrected chi connectivity index (χ2v) is 5.63. The summed E-state index contributed by atoms with van der Waals surface area (Å²) in [7, 11) is 1.25. The summed E-state index contributed by atoms with van der Waals surface area (Å²) >= 11 is 0. The molecule has 5 nitrogen and oxygen atoms in total. The highest BCUT2D eigenvalue weighted by Gasteiger charge is 2.50. The Morgan fingerprint density at radius 2 is 1.69 bits per heavy atom. The molecule has 0 radical (unpaired) electrons. The van der Waals surface area contributed by atoms with Crippen LogP contribution < -0.4 is 5.73 Å². The Labute approximate surface area is 144 Å². The van der Waals surface area contributed by atoms with Crippen LogP contribution in [0.3, 0.4) is 0 Å². The fraction of sp³-hybridized carbons (Fsp3) is 0.188. The summed E-state index contributed by atoms with van der Waals surface area (Å²) in [6.07, 6.45) is -3.94. The topological polar surface area (TPSA) is 71.6 Å². The number of pyridine rings is 1. The van der Waals surface area contributed by atoms with Gasteiger partial charge in [0, 0.05) is 19.3 Å². The minimum absolute atomic E-state index is 0.262. The molecule has 0 saturated heterocycles. The number of nitrogens with zero attached hydrogens (tertiary/aromatic N) is 3. The van der Waals surface area contributed by atoms with Crippen LogP contribution in [0.5, 0.6) is 0 Å². The standard InChI is InChI=1S/C16H11F5N4O/c1-25-13(26)15(24-14(25)22,9-4-10(17)7-11(18)5-9)8-2-3-23-12(6-8)16(19,20)21/h2-7H,1H3,(H2,22,24). The predicted molar refractivity (Wildman–Crippen MR) is 80.8 cm³/mol. The molecule has 26 heavy (non-hydrogen) atoms. The van der Waals surface area contributed by atoms with Gasteiger partial charge in [-0.05, 0) is 35.4 Å².